The highest BCUT2D eigenvalue weighted by Gasteiger charge is 2.21. The van der Waals surface area contributed by atoms with Crippen LogP contribution in [0.15, 0.2) is 24.3 Å². The molecule has 1 saturated heterocycles. The summed E-state index contributed by atoms with van der Waals surface area (Å²) in [4.78, 5) is 11.9. The highest BCUT2D eigenvalue weighted by molar-refractivity contribution is 8.00. The first-order valence-corrected chi connectivity index (χ1v) is 6.69. The molecule has 2 rings (SSSR count). The molecule has 1 fully saturated rings. The molecule has 0 aliphatic carbocycles. The van der Waals surface area contributed by atoms with E-state index in [2.05, 4.69) is 0 Å². The molecule has 0 saturated carbocycles. The SMILES string of the molecule is O=C(Cc1ccc(F)cc1)C1CCCCS1. The summed E-state index contributed by atoms with van der Waals surface area (Å²) in [6.07, 6.45) is 3.83. The normalized spacial score (nSPS) is 20.7. The minimum absolute atomic E-state index is 0.166. The van der Waals surface area contributed by atoms with E-state index < -0.39 is 0 Å². The van der Waals surface area contributed by atoms with Crippen molar-refractivity contribution in [2.75, 3.05) is 5.75 Å². The Bertz CT molecular complexity index is 355. The third-order valence-corrected chi connectivity index (χ3v) is 4.26. The summed E-state index contributed by atoms with van der Waals surface area (Å²) < 4.78 is 12.7. The Labute approximate surface area is 99.4 Å². The smallest absolute Gasteiger partial charge is 0.150 e. The molecular weight excluding hydrogens is 223 g/mol. The topological polar surface area (TPSA) is 17.1 Å². The third-order valence-electron chi connectivity index (χ3n) is 2.83. The summed E-state index contributed by atoms with van der Waals surface area (Å²) >= 11 is 1.77. The van der Waals surface area contributed by atoms with Crippen LogP contribution in [0.2, 0.25) is 0 Å². The third kappa shape index (κ3) is 3.08. The van der Waals surface area contributed by atoms with Gasteiger partial charge in [0.1, 0.15) is 11.6 Å². The van der Waals surface area contributed by atoms with Gasteiger partial charge in [-0.15, -0.1) is 0 Å². The van der Waals surface area contributed by atoms with E-state index >= 15 is 0 Å². The van der Waals surface area contributed by atoms with E-state index in [1.807, 2.05) is 0 Å². The van der Waals surface area contributed by atoms with Gasteiger partial charge in [-0.05, 0) is 36.3 Å². The summed E-state index contributed by atoms with van der Waals surface area (Å²) in [6.45, 7) is 0. The maximum Gasteiger partial charge on any atom is 0.150 e. The quantitative estimate of drug-likeness (QED) is 0.804. The monoisotopic (exact) mass is 238 g/mol. The van der Waals surface area contributed by atoms with E-state index in [4.69, 9.17) is 0 Å². The van der Waals surface area contributed by atoms with Gasteiger partial charge in [-0.1, -0.05) is 18.6 Å². The van der Waals surface area contributed by atoms with Crippen LogP contribution in [0.25, 0.3) is 0 Å². The zero-order valence-electron chi connectivity index (χ0n) is 9.12. The number of halogens is 1. The van der Waals surface area contributed by atoms with Crippen LogP contribution in [0.1, 0.15) is 24.8 Å². The molecule has 1 aromatic carbocycles. The molecule has 1 atom stereocenters. The maximum absolute atomic E-state index is 12.7. The Balaban J connectivity index is 1.93. The summed E-state index contributed by atoms with van der Waals surface area (Å²) in [5, 5.41) is 0.166. The van der Waals surface area contributed by atoms with Crippen LogP contribution in [-0.2, 0) is 11.2 Å². The molecular formula is C13H15FOS. The molecule has 0 amide bonds. The largest absolute Gasteiger partial charge is 0.298 e. The molecule has 1 aromatic rings. The van der Waals surface area contributed by atoms with E-state index in [1.54, 1.807) is 23.9 Å². The lowest BCUT2D eigenvalue weighted by atomic mass is 10.0. The van der Waals surface area contributed by atoms with Gasteiger partial charge in [0.05, 0.1) is 5.25 Å². The van der Waals surface area contributed by atoms with Crippen LogP contribution >= 0.6 is 11.8 Å². The predicted molar refractivity (Wildman–Crippen MR) is 65.2 cm³/mol. The lowest BCUT2D eigenvalue weighted by molar-refractivity contribution is -0.118. The molecule has 1 nitrogen and oxygen atoms in total. The van der Waals surface area contributed by atoms with Gasteiger partial charge in [0, 0.05) is 6.42 Å². The van der Waals surface area contributed by atoms with Crippen molar-refractivity contribution in [1.29, 1.82) is 0 Å². The van der Waals surface area contributed by atoms with Crippen molar-refractivity contribution in [2.45, 2.75) is 30.9 Å². The average molecular weight is 238 g/mol. The van der Waals surface area contributed by atoms with Gasteiger partial charge in [-0.25, -0.2) is 4.39 Å². The molecule has 1 aliphatic rings. The Kier molecular flexibility index (Phi) is 3.99. The molecule has 3 heteroatoms. The molecule has 1 unspecified atom stereocenters. The second kappa shape index (κ2) is 5.48. The first-order chi connectivity index (χ1) is 7.75. The summed E-state index contributed by atoms with van der Waals surface area (Å²) in [5.41, 5.74) is 0.914. The standard InChI is InChI=1S/C13H15FOS/c14-11-6-4-10(5-7-11)9-12(15)13-3-1-2-8-16-13/h4-7,13H,1-3,8-9H2. The van der Waals surface area contributed by atoms with Crippen molar-refractivity contribution in [3.05, 3.63) is 35.6 Å². The number of ketones is 1. The van der Waals surface area contributed by atoms with Crippen molar-refractivity contribution in [1.82, 2.24) is 0 Å². The van der Waals surface area contributed by atoms with Crippen LogP contribution in [0, 0.1) is 5.82 Å². The summed E-state index contributed by atoms with van der Waals surface area (Å²) in [5.74, 6) is 1.14. The second-order valence-electron chi connectivity index (χ2n) is 4.12. The second-order valence-corrected chi connectivity index (χ2v) is 5.44. The summed E-state index contributed by atoms with van der Waals surface area (Å²) in [6, 6.07) is 6.22. The Morgan fingerprint density at radius 3 is 2.69 bits per heavy atom. The van der Waals surface area contributed by atoms with Crippen LogP contribution in [-0.4, -0.2) is 16.8 Å². The summed E-state index contributed by atoms with van der Waals surface area (Å²) in [7, 11) is 0. The van der Waals surface area contributed by atoms with Gasteiger partial charge in [0.25, 0.3) is 0 Å². The number of hydrogen-bond donors (Lipinski definition) is 0. The van der Waals surface area contributed by atoms with Crippen LogP contribution in [0.4, 0.5) is 4.39 Å². The first kappa shape index (κ1) is 11.6. The Hall–Kier alpha value is -0.830. The molecule has 1 aliphatic heterocycles. The van der Waals surface area contributed by atoms with Crippen LogP contribution in [0.3, 0.4) is 0 Å². The molecule has 0 aromatic heterocycles. The Morgan fingerprint density at radius 2 is 2.06 bits per heavy atom. The first-order valence-electron chi connectivity index (χ1n) is 5.64. The van der Waals surface area contributed by atoms with Gasteiger partial charge in [-0.2, -0.15) is 11.8 Å². The highest BCUT2D eigenvalue weighted by atomic mass is 32.2. The molecule has 0 spiro atoms. The molecule has 16 heavy (non-hydrogen) atoms. The zero-order chi connectivity index (χ0) is 11.4. The molecule has 1 heterocycles. The van der Waals surface area contributed by atoms with E-state index in [-0.39, 0.29) is 16.9 Å². The van der Waals surface area contributed by atoms with Crippen molar-refractivity contribution in [3.63, 3.8) is 0 Å². The van der Waals surface area contributed by atoms with Gasteiger partial charge < -0.3 is 0 Å². The van der Waals surface area contributed by atoms with E-state index in [9.17, 15) is 9.18 Å². The van der Waals surface area contributed by atoms with Gasteiger partial charge in [-0.3, -0.25) is 4.79 Å². The number of hydrogen-bond acceptors (Lipinski definition) is 2. The van der Waals surface area contributed by atoms with E-state index in [0.717, 1.165) is 24.2 Å². The van der Waals surface area contributed by atoms with Gasteiger partial charge >= 0.3 is 0 Å². The van der Waals surface area contributed by atoms with Crippen molar-refractivity contribution < 1.29 is 9.18 Å². The van der Waals surface area contributed by atoms with Crippen molar-refractivity contribution in [3.8, 4) is 0 Å². The number of rotatable bonds is 3. The minimum atomic E-state index is -0.247. The number of benzene rings is 1. The van der Waals surface area contributed by atoms with Gasteiger partial charge in [0.15, 0.2) is 0 Å². The average Bonchev–Trinajstić information content (AvgIpc) is 2.33. The van der Waals surface area contributed by atoms with Crippen LogP contribution in [0.5, 0.6) is 0 Å². The number of Topliss-reactive ketones (excluding diaryl/α,β-unsaturated/α-hetero) is 1. The fourth-order valence-electron chi connectivity index (χ4n) is 1.91. The fourth-order valence-corrected chi connectivity index (χ4v) is 3.17. The molecule has 0 radical (unpaired) electrons. The van der Waals surface area contributed by atoms with Gasteiger partial charge in [0.2, 0.25) is 0 Å². The predicted octanol–water partition coefficient (Wildman–Crippen LogP) is 3.22. The minimum Gasteiger partial charge on any atom is -0.298 e. The zero-order valence-corrected chi connectivity index (χ0v) is 9.93. The van der Waals surface area contributed by atoms with E-state index in [0.29, 0.717) is 6.42 Å². The maximum atomic E-state index is 12.7. The highest BCUT2D eigenvalue weighted by Crippen LogP contribution is 2.26. The number of carbonyl (C=O) groups excluding carboxylic acids is 1. The lowest BCUT2D eigenvalue weighted by Crippen LogP contribution is -2.22. The number of thioether (sulfide) groups is 1. The van der Waals surface area contributed by atoms with Crippen molar-refractivity contribution >= 4 is 17.5 Å². The lowest BCUT2D eigenvalue weighted by Gasteiger charge is -2.19. The molecule has 86 valence electrons. The van der Waals surface area contributed by atoms with Crippen LogP contribution < -0.4 is 0 Å². The van der Waals surface area contributed by atoms with Crippen molar-refractivity contribution in [2.24, 2.45) is 0 Å². The molecule has 0 N–H and O–H groups in total. The number of carbonyl (C=O) groups is 1. The molecule has 0 bridgehead atoms. The fraction of sp³-hybridized carbons (Fsp3) is 0.462. The Morgan fingerprint density at radius 1 is 1.31 bits per heavy atom. The van der Waals surface area contributed by atoms with E-state index in [1.165, 1.54) is 18.6 Å².